The number of benzene rings is 1. The smallest absolute Gasteiger partial charge is 0.126 e. The van der Waals surface area contributed by atoms with Gasteiger partial charge in [0.1, 0.15) is 5.82 Å². The summed E-state index contributed by atoms with van der Waals surface area (Å²) in [6, 6.07) is 7.46. The van der Waals surface area contributed by atoms with E-state index in [9.17, 15) is 4.39 Å². The molecule has 2 N–H and O–H groups in total. The van der Waals surface area contributed by atoms with Crippen LogP contribution in [0.4, 0.5) is 4.39 Å². The highest BCUT2D eigenvalue weighted by atomic mass is 19.1. The molecular formula is C15H23FN2. The Morgan fingerprint density at radius 1 is 1.39 bits per heavy atom. The fourth-order valence-electron chi connectivity index (χ4n) is 3.13. The Labute approximate surface area is 109 Å². The van der Waals surface area contributed by atoms with Gasteiger partial charge >= 0.3 is 0 Å². The van der Waals surface area contributed by atoms with Gasteiger partial charge < -0.3 is 10.6 Å². The first-order chi connectivity index (χ1) is 8.77. The van der Waals surface area contributed by atoms with E-state index in [4.69, 9.17) is 5.73 Å². The highest BCUT2D eigenvalue weighted by molar-refractivity contribution is 5.24. The lowest BCUT2D eigenvalue weighted by Crippen LogP contribution is -2.45. The molecule has 2 nitrogen and oxygen atoms in total. The summed E-state index contributed by atoms with van der Waals surface area (Å²) in [5, 5.41) is 0. The van der Waals surface area contributed by atoms with Crippen molar-refractivity contribution in [3.63, 3.8) is 0 Å². The Hall–Kier alpha value is -0.930. The summed E-state index contributed by atoms with van der Waals surface area (Å²) in [7, 11) is 0. The Morgan fingerprint density at radius 3 is 2.83 bits per heavy atom. The molecule has 3 heteroatoms. The van der Waals surface area contributed by atoms with Crippen LogP contribution in [0.1, 0.15) is 37.7 Å². The molecule has 1 fully saturated rings. The number of likely N-dealkylation sites (tertiary alicyclic amines) is 1. The molecule has 0 bridgehead atoms. The minimum absolute atomic E-state index is 0.116. The van der Waals surface area contributed by atoms with E-state index < -0.39 is 0 Å². The van der Waals surface area contributed by atoms with Gasteiger partial charge in [0, 0.05) is 18.5 Å². The number of nitrogens with two attached hydrogens (primary N) is 1. The number of hydrogen-bond acceptors (Lipinski definition) is 2. The molecule has 2 atom stereocenters. The van der Waals surface area contributed by atoms with Gasteiger partial charge in [-0.15, -0.1) is 0 Å². The molecule has 2 unspecified atom stereocenters. The minimum Gasteiger partial charge on any atom is -0.330 e. The van der Waals surface area contributed by atoms with Crippen LogP contribution in [0, 0.1) is 5.82 Å². The van der Waals surface area contributed by atoms with E-state index in [0.717, 1.165) is 25.1 Å². The van der Waals surface area contributed by atoms with Crippen LogP contribution in [0.15, 0.2) is 24.3 Å². The van der Waals surface area contributed by atoms with Crippen LogP contribution in [-0.4, -0.2) is 30.6 Å². The topological polar surface area (TPSA) is 29.3 Å². The molecule has 1 aliphatic rings. The van der Waals surface area contributed by atoms with Crippen LogP contribution >= 0.6 is 0 Å². The maximum atomic E-state index is 13.9. The van der Waals surface area contributed by atoms with Crippen molar-refractivity contribution in [2.24, 2.45) is 5.73 Å². The number of rotatable bonds is 4. The average Bonchev–Trinajstić information content (AvgIpc) is 2.42. The molecular weight excluding hydrogens is 227 g/mol. The summed E-state index contributed by atoms with van der Waals surface area (Å²) in [5.41, 5.74) is 6.71. The van der Waals surface area contributed by atoms with Crippen LogP contribution in [0.25, 0.3) is 0 Å². The van der Waals surface area contributed by atoms with Crippen molar-refractivity contribution in [3.8, 4) is 0 Å². The lowest BCUT2D eigenvalue weighted by molar-refractivity contribution is 0.132. The largest absolute Gasteiger partial charge is 0.330 e. The van der Waals surface area contributed by atoms with Gasteiger partial charge in [0.25, 0.3) is 0 Å². The van der Waals surface area contributed by atoms with Crippen LogP contribution in [0.5, 0.6) is 0 Å². The molecule has 100 valence electrons. The number of likely N-dealkylation sites (N-methyl/N-ethyl adjacent to an activating group) is 1. The van der Waals surface area contributed by atoms with E-state index in [0.29, 0.717) is 12.6 Å². The van der Waals surface area contributed by atoms with Gasteiger partial charge in [-0.3, -0.25) is 0 Å². The second-order valence-electron chi connectivity index (χ2n) is 5.06. The minimum atomic E-state index is -0.116. The second kappa shape index (κ2) is 6.30. The Kier molecular flexibility index (Phi) is 4.72. The van der Waals surface area contributed by atoms with Crippen molar-refractivity contribution < 1.29 is 4.39 Å². The van der Waals surface area contributed by atoms with Crippen LogP contribution in [0.2, 0.25) is 0 Å². The molecule has 1 aliphatic heterocycles. The molecule has 18 heavy (non-hydrogen) atoms. The van der Waals surface area contributed by atoms with Crippen molar-refractivity contribution in [2.75, 3.05) is 19.6 Å². The average molecular weight is 250 g/mol. The van der Waals surface area contributed by atoms with Crippen LogP contribution in [0.3, 0.4) is 0 Å². The first-order valence-electron chi connectivity index (χ1n) is 6.96. The predicted molar refractivity (Wildman–Crippen MR) is 73.1 cm³/mol. The van der Waals surface area contributed by atoms with Crippen molar-refractivity contribution in [1.82, 2.24) is 4.90 Å². The molecule has 0 saturated carbocycles. The third-order valence-electron chi connectivity index (χ3n) is 4.09. The fourth-order valence-corrected chi connectivity index (χ4v) is 3.13. The highest BCUT2D eigenvalue weighted by Crippen LogP contribution is 2.30. The van der Waals surface area contributed by atoms with Gasteiger partial charge in [-0.1, -0.05) is 31.5 Å². The van der Waals surface area contributed by atoms with Crippen molar-refractivity contribution in [1.29, 1.82) is 0 Å². The molecule has 2 rings (SSSR count). The number of hydrogen-bond donors (Lipinski definition) is 1. The van der Waals surface area contributed by atoms with Crippen molar-refractivity contribution in [3.05, 3.63) is 35.6 Å². The Balaban J connectivity index is 2.24. The number of piperidine rings is 1. The second-order valence-corrected chi connectivity index (χ2v) is 5.06. The van der Waals surface area contributed by atoms with Gasteiger partial charge in [0.15, 0.2) is 0 Å². The predicted octanol–water partition coefficient (Wildman–Crippen LogP) is 2.74. The molecule has 0 spiro atoms. The summed E-state index contributed by atoms with van der Waals surface area (Å²) < 4.78 is 13.9. The number of nitrogens with zero attached hydrogens (tertiary/aromatic N) is 1. The highest BCUT2D eigenvalue weighted by Gasteiger charge is 2.30. The van der Waals surface area contributed by atoms with Gasteiger partial charge in [-0.2, -0.15) is 0 Å². The Bertz CT molecular complexity index is 381. The standard InChI is InChI=1S/C15H23FN2/c1-2-18-10-6-5-9-15(18)13(11-17)12-7-3-4-8-14(12)16/h3-4,7-8,13,15H,2,5-6,9-11,17H2,1H3. The van der Waals surface area contributed by atoms with Crippen LogP contribution < -0.4 is 5.73 Å². The zero-order chi connectivity index (χ0) is 13.0. The first-order valence-corrected chi connectivity index (χ1v) is 6.96. The maximum Gasteiger partial charge on any atom is 0.126 e. The van der Waals surface area contributed by atoms with E-state index in [-0.39, 0.29) is 11.7 Å². The number of halogens is 1. The monoisotopic (exact) mass is 250 g/mol. The van der Waals surface area contributed by atoms with E-state index in [1.54, 1.807) is 6.07 Å². The SMILES string of the molecule is CCN1CCCCC1C(CN)c1ccccc1F. The Morgan fingerprint density at radius 2 is 2.17 bits per heavy atom. The molecule has 1 heterocycles. The summed E-state index contributed by atoms with van der Waals surface area (Å²) in [5.74, 6) is 0.000950. The van der Waals surface area contributed by atoms with E-state index in [2.05, 4.69) is 11.8 Å². The van der Waals surface area contributed by atoms with Gasteiger partial charge in [0.2, 0.25) is 0 Å². The van der Waals surface area contributed by atoms with E-state index in [1.807, 2.05) is 12.1 Å². The molecule has 0 amide bonds. The van der Waals surface area contributed by atoms with Crippen LogP contribution in [-0.2, 0) is 0 Å². The third kappa shape index (κ3) is 2.73. The molecule has 0 aliphatic carbocycles. The van der Waals surface area contributed by atoms with Crippen molar-refractivity contribution >= 4 is 0 Å². The third-order valence-corrected chi connectivity index (χ3v) is 4.09. The maximum absolute atomic E-state index is 13.9. The lowest BCUT2D eigenvalue weighted by atomic mass is 9.85. The lowest BCUT2D eigenvalue weighted by Gasteiger charge is -2.39. The zero-order valence-corrected chi connectivity index (χ0v) is 11.1. The summed E-state index contributed by atoms with van der Waals surface area (Å²) in [4.78, 5) is 2.45. The van der Waals surface area contributed by atoms with Gasteiger partial charge in [-0.05, 0) is 37.6 Å². The summed E-state index contributed by atoms with van der Waals surface area (Å²) in [6.07, 6.45) is 3.61. The van der Waals surface area contributed by atoms with E-state index in [1.165, 1.54) is 18.9 Å². The normalized spacial score (nSPS) is 22.9. The van der Waals surface area contributed by atoms with Crippen molar-refractivity contribution in [2.45, 2.75) is 38.1 Å². The van der Waals surface area contributed by atoms with Gasteiger partial charge in [-0.25, -0.2) is 4.39 Å². The van der Waals surface area contributed by atoms with Gasteiger partial charge in [0.05, 0.1) is 0 Å². The zero-order valence-electron chi connectivity index (χ0n) is 11.1. The first kappa shape index (κ1) is 13.5. The molecule has 1 saturated heterocycles. The molecule has 1 aromatic carbocycles. The summed E-state index contributed by atoms with van der Waals surface area (Å²) in [6.45, 7) is 4.83. The fraction of sp³-hybridized carbons (Fsp3) is 0.600. The van der Waals surface area contributed by atoms with E-state index >= 15 is 0 Å². The quantitative estimate of drug-likeness (QED) is 0.890. The molecule has 0 radical (unpaired) electrons. The summed E-state index contributed by atoms with van der Waals surface area (Å²) >= 11 is 0. The molecule has 0 aromatic heterocycles. The molecule has 1 aromatic rings.